The lowest BCUT2D eigenvalue weighted by molar-refractivity contribution is -0.119. The highest BCUT2D eigenvalue weighted by molar-refractivity contribution is 7.17. The molecule has 4 heterocycles. The first-order chi connectivity index (χ1) is 17.0. The van der Waals surface area contributed by atoms with E-state index in [1.165, 1.54) is 11.3 Å². The maximum Gasteiger partial charge on any atom is 0.261 e. The highest BCUT2D eigenvalue weighted by atomic mass is 35.5. The second kappa shape index (κ2) is 10.2. The van der Waals surface area contributed by atoms with Crippen LogP contribution < -0.4 is 15.1 Å². The maximum atomic E-state index is 12.7. The Bertz CT molecular complexity index is 1260. The van der Waals surface area contributed by atoms with Gasteiger partial charge in [-0.1, -0.05) is 17.7 Å². The number of rotatable bonds is 6. The predicted octanol–water partition coefficient (Wildman–Crippen LogP) is 4.76. The molecule has 2 fully saturated rings. The second-order valence-electron chi connectivity index (χ2n) is 8.81. The molecule has 2 aromatic heterocycles. The van der Waals surface area contributed by atoms with E-state index >= 15 is 0 Å². The maximum absolute atomic E-state index is 12.7. The van der Waals surface area contributed by atoms with Gasteiger partial charge >= 0.3 is 0 Å². The Labute approximate surface area is 212 Å². The summed E-state index contributed by atoms with van der Waals surface area (Å²) in [4.78, 5) is 46.8. The molecule has 2 aliphatic heterocycles. The number of anilines is 2. The van der Waals surface area contributed by atoms with Crippen molar-refractivity contribution < 1.29 is 14.4 Å². The summed E-state index contributed by atoms with van der Waals surface area (Å²) in [5.41, 5.74) is 2.42. The van der Waals surface area contributed by atoms with Gasteiger partial charge in [0.1, 0.15) is 5.15 Å². The van der Waals surface area contributed by atoms with E-state index < -0.39 is 0 Å². The fraction of sp³-hybridized carbons (Fsp3) is 0.308. The van der Waals surface area contributed by atoms with E-state index in [1.54, 1.807) is 17.0 Å². The van der Waals surface area contributed by atoms with Crippen molar-refractivity contribution in [1.82, 2.24) is 10.3 Å². The average molecular weight is 509 g/mol. The van der Waals surface area contributed by atoms with E-state index in [0.717, 1.165) is 41.3 Å². The minimum absolute atomic E-state index is 0.0313. The summed E-state index contributed by atoms with van der Waals surface area (Å²) in [6, 6.07) is 16.6. The fourth-order valence-electron chi connectivity index (χ4n) is 4.53. The minimum Gasteiger partial charge on any atom is -0.351 e. The van der Waals surface area contributed by atoms with E-state index in [-0.39, 0.29) is 23.6 Å². The number of halogens is 1. The molecule has 0 radical (unpaired) electrons. The van der Waals surface area contributed by atoms with Gasteiger partial charge in [0.15, 0.2) is 0 Å². The lowest BCUT2D eigenvalue weighted by atomic mass is 10.1. The zero-order valence-electron chi connectivity index (χ0n) is 19.1. The summed E-state index contributed by atoms with van der Waals surface area (Å²) < 4.78 is 0. The number of pyridine rings is 1. The van der Waals surface area contributed by atoms with Crippen LogP contribution in [0.5, 0.6) is 0 Å². The van der Waals surface area contributed by atoms with E-state index in [0.29, 0.717) is 36.0 Å². The van der Waals surface area contributed by atoms with Gasteiger partial charge in [0.2, 0.25) is 11.8 Å². The van der Waals surface area contributed by atoms with Crippen LogP contribution in [0.4, 0.5) is 11.4 Å². The Morgan fingerprint density at radius 3 is 2.51 bits per heavy atom. The normalized spacial score (nSPS) is 18.3. The number of hydrogen-bond donors (Lipinski definition) is 1. The molecule has 5 rings (SSSR count). The molecule has 0 bridgehead atoms. The molecule has 3 amide bonds. The second-order valence-corrected chi connectivity index (χ2v) is 10.3. The number of carbonyl (C=O) groups excluding carboxylic acids is 3. The molecule has 35 heavy (non-hydrogen) atoms. The summed E-state index contributed by atoms with van der Waals surface area (Å²) in [5.74, 6) is 0.0591. The highest BCUT2D eigenvalue weighted by Gasteiger charge is 2.31. The number of aromatic nitrogens is 1. The van der Waals surface area contributed by atoms with Gasteiger partial charge in [-0.05, 0) is 61.4 Å². The molecular formula is C26H25ClN4O3S. The van der Waals surface area contributed by atoms with Crippen molar-refractivity contribution >= 4 is 52.0 Å². The largest absolute Gasteiger partial charge is 0.351 e. The Morgan fingerprint density at radius 1 is 1.00 bits per heavy atom. The smallest absolute Gasteiger partial charge is 0.261 e. The van der Waals surface area contributed by atoms with Gasteiger partial charge in [-0.3, -0.25) is 14.4 Å². The molecular weight excluding hydrogens is 484 g/mol. The lowest BCUT2D eigenvalue weighted by Crippen LogP contribution is -2.35. The van der Waals surface area contributed by atoms with Gasteiger partial charge in [-0.25, -0.2) is 4.98 Å². The highest BCUT2D eigenvalue weighted by Crippen LogP contribution is 2.30. The number of benzene rings is 1. The van der Waals surface area contributed by atoms with E-state index in [4.69, 9.17) is 11.6 Å². The van der Waals surface area contributed by atoms with Gasteiger partial charge in [0, 0.05) is 49.8 Å². The quantitative estimate of drug-likeness (QED) is 0.486. The molecule has 2 saturated heterocycles. The van der Waals surface area contributed by atoms with Crippen LogP contribution in [0.25, 0.3) is 10.6 Å². The Balaban J connectivity index is 1.17. The monoisotopic (exact) mass is 508 g/mol. The molecule has 1 aromatic carbocycles. The van der Waals surface area contributed by atoms with Crippen LogP contribution in [-0.4, -0.2) is 42.3 Å². The third-order valence-electron chi connectivity index (χ3n) is 6.35. The fourth-order valence-corrected chi connectivity index (χ4v) is 5.58. The molecule has 9 heteroatoms. The SMILES string of the molecule is O=C(NCC1CC(=O)N(c2ccc(N3CCCCC3=O)cc2)C1)c1ccc(-c2cccc(Cl)n2)s1. The van der Waals surface area contributed by atoms with Crippen molar-refractivity contribution in [3.63, 3.8) is 0 Å². The first-order valence-corrected chi connectivity index (χ1v) is 12.9. The summed E-state index contributed by atoms with van der Waals surface area (Å²) in [5, 5.41) is 3.38. The molecule has 0 saturated carbocycles. The Kier molecular flexibility index (Phi) is 6.83. The molecule has 7 nitrogen and oxygen atoms in total. The standard InChI is InChI=1S/C26H25ClN4O3S/c27-23-5-3-4-20(29-23)21-11-12-22(35-21)26(34)28-15-17-14-25(33)31(16-17)19-9-7-18(8-10-19)30-13-2-1-6-24(30)32/h3-5,7-12,17H,1-2,6,13-16H2,(H,28,34). The number of amides is 3. The molecule has 0 aliphatic carbocycles. The number of nitrogens with zero attached hydrogens (tertiary/aromatic N) is 3. The number of piperidine rings is 1. The van der Waals surface area contributed by atoms with Crippen molar-refractivity contribution in [3.8, 4) is 10.6 Å². The van der Waals surface area contributed by atoms with Gasteiger partial charge in [0.05, 0.1) is 15.4 Å². The zero-order valence-corrected chi connectivity index (χ0v) is 20.6. The van der Waals surface area contributed by atoms with E-state index in [2.05, 4.69) is 10.3 Å². The van der Waals surface area contributed by atoms with Gasteiger partial charge in [-0.15, -0.1) is 11.3 Å². The van der Waals surface area contributed by atoms with Gasteiger partial charge in [0.25, 0.3) is 5.91 Å². The lowest BCUT2D eigenvalue weighted by Gasteiger charge is -2.27. The van der Waals surface area contributed by atoms with Crippen LogP contribution in [0.3, 0.4) is 0 Å². The van der Waals surface area contributed by atoms with Crippen molar-refractivity contribution in [2.75, 3.05) is 29.4 Å². The molecule has 0 spiro atoms. The number of nitrogens with one attached hydrogen (secondary N) is 1. The Hall–Kier alpha value is -3.23. The Morgan fingerprint density at radius 2 is 1.77 bits per heavy atom. The van der Waals surface area contributed by atoms with E-state index in [9.17, 15) is 14.4 Å². The van der Waals surface area contributed by atoms with Crippen molar-refractivity contribution in [3.05, 3.63) is 64.6 Å². The molecule has 2 aliphatic rings. The number of carbonyl (C=O) groups is 3. The van der Waals surface area contributed by atoms with Gasteiger partial charge < -0.3 is 15.1 Å². The third-order valence-corrected chi connectivity index (χ3v) is 7.67. The molecule has 1 unspecified atom stereocenters. The van der Waals surface area contributed by atoms with Crippen molar-refractivity contribution in [2.24, 2.45) is 5.92 Å². The summed E-state index contributed by atoms with van der Waals surface area (Å²) in [7, 11) is 0. The molecule has 180 valence electrons. The first-order valence-electron chi connectivity index (χ1n) is 11.7. The van der Waals surface area contributed by atoms with Crippen LogP contribution in [0, 0.1) is 5.92 Å². The summed E-state index contributed by atoms with van der Waals surface area (Å²) >= 11 is 7.33. The number of thiophene rings is 1. The first kappa shape index (κ1) is 23.5. The predicted molar refractivity (Wildman–Crippen MR) is 138 cm³/mol. The van der Waals surface area contributed by atoms with Crippen LogP contribution >= 0.6 is 22.9 Å². The molecule has 1 N–H and O–H groups in total. The van der Waals surface area contributed by atoms with E-state index in [1.807, 2.05) is 47.4 Å². The minimum atomic E-state index is -0.162. The van der Waals surface area contributed by atoms with Crippen molar-refractivity contribution in [2.45, 2.75) is 25.7 Å². The third kappa shape index (κ3) is 5.23. The molecule has 1 atom stereocenters. The topological polar surface area (TPSA) is 82.6 Å². The van der Waals surface area contributed by atoms with Crippen LogP contribution in [0.15, 0.2) is 54.6 Å². The number of hydrogen-bond acceptors (Lipinski definition) is 5. The van der Waals surface area contributed by atoms with Crippen LogP contribution in [-0.2, 0) is 9.59 Å². The van der Waals surface area contributed by atoms with Gasteiger partial charge in [-0.2, -0.15) is 0 Å². The van der Waals surface area contributed by atoms with Crippen LogP contribution in [0.1, 0.15) is 35.4 Å². The van der Waals surface area contributed by atoms with Crippen LogP contribution in [0.2, 0.25) is 5.15 Å². The molecule has 3 aromatic rings. The summed E-state index contributed by atoms with van der Waals surface area (Å²) in [6.45, 7) is 1.71. The van der Waals surface area contributed by atoms with Crippen molar-refractivity contribution in [1.29, 1.82) is 0 Å². The zero-order chi connectivity index (χ0) is 24.4. The average Bonchev–Trinajstić information content (AvgIpc) is 3.50. The summed E-state index contributed by atoms with van der Waals surface area (Å²) in [6.07, 6.45) is 2.93.